The predicted octanol–water partition coefficient (Wildman–Crippen LogP) is 9.06. The van der Waals surface area contributed by atoms with Crippen molar-refractivity contribution in [1.82, 2.24) is 0 Å². The number of ether oxygens (including phenoxy) is 2. The molecule has 5 heterocycles. The Morgan fingerprint density at radius 1 is 0.714 bits per heavy atom. The van der Waals surface area contributed by atoms with Gasteiger partial charge in [-0.2, -0.15) is 21.0 Å². The summed E-state index contributed by atoms with van der Waals surface area (Å²) in [5.74, 6) is 1.33. The van der Waals surface area contributed by atoms with Crippen molar-refractivity contribution < 1.29 is 9.47 Å². The Hall–Kier alpha value is -4.34. The highest BCUT2D eigenvalue weighted by Gasteiger charge is 2.40. The van der Waals surface area contributed by atoms with E-state index in [1.165, 1.54) is 51.9 Å². The Kier molecular flexibility index (Phi) is 6.95. The Labute approximate surface area is 260 Å². The van der Waals surface area contributed by atoms with E-state index in [1.54, 1.807) is 72.5 Å². The predicted molar refractivity (Wildman–Crippen MR) is 173 cm³/mol. The molecule has 13 heteroatoms. The second-order valence-corrected chi connectivity index (χ2v) is 14.6. The molecule has 204 valence electrons. The van der Waals surface area contributed by atoms with Gasteiger partial charge in [0.2, 0.25) is 11.4 Å². The van der Waals surface area contributed by atoms with Crippen molar-refractivity contribution in [2.45, 2.75) is 19.3 Å². The quantitative estimate of drug-likeness (QED) is 0.170. The third-order valence-corrected chi connectivity index (χ3v) is 12.8. The van der Waals surface area contributed by atoms with E-state index in [0.717, 1.165) is 20.2 Å². The second-order valence-electron chi connectivity index (χ2n) is 9.42. The number of thiophene rings is 5. The molecule has 1 aliphatic carbocycles. The van der Waals surface area contributed by atoms with Crippen molar-refractivity contribution in [3.8, 4) is 45.5 Å². The molecule has 6 rings (SSSR count). The van der Waals surface area contributed by atoms with Gasteiger partial charge in [-0.05, 0) is 23.3 Å². The van der Waals surface area contributed by atoms with Gasteiger partial charge in [0.15, 0.2) is 0 Å². The first kappa shape index (κ1) is 27.8. The zero-order valence-corrected chi connectivity index (χ0v) is 26.4. The smallest absolute Gasteiger partial charge is 0.219 e. The highest BCUT2D eigenvalue weighted by Crippen LogP contribution is 2.60. The fraction of sp³-hybridized carbons (Fsp3) is 0.172. The first-order valence-electron chi connectivity index (χ1n) is 12.1. The number of hydrogen-bond donors (Lipinski definition) is 0. The first-order chi connectivity index (χ1) is 20.3. The van der Waals surface area contributed by atoms with Crippen LogP contribution in [0.3, 0.4) is 0 Å². The van der Waals surface area contributed by atoms with E-state index in [2.05, 4.69) is 36.0 Å². The van der Waals surface area contributed by atoms with Crippen LogP contribution >= 0.6 is 56.7 Å². The molecule has 8 nitrogen and oxygen atoms in total. The van der Waals surface area contributed by atoms with Crippen LogP contribution in [0.2, 0.25) is 0 Å². The van der Waals surface area contributed by atoms with Crippen molar-refractivity contribution in [1.29, 1.82) is 21.0 Å². The zero-order chi connectivity index (χ0) is 29.8. The van der Waals surface area contributed by atoms with Crippen molar-refractivity contribution in [2.75, 3.05) is 14.2 Å². The first-order valence-corrected chi connectivity index (χ1v) is 16.2. The summed E-state index contributed by atoms with van der Waals surface area (Å²) in [6, 6.07) is 12.9. The van der Waals surface area contributed by atoms with Gasteiger partial charge in [0.05, 0.1) is 43.0 Å². The number of nitriles is 4. The molecular formula is C29H16N6O2S5. The van der Waals surface area contributed by atoms with Gasteiger partial charge in [0.1, 0.15) is 45.8 Å². The number of hydrogen-bond acceptors (Lipinski definition) is 13. The standard InChI is InChI=1S/C29H16N6O2S5/c1-29(2)15(24-16(36-3)6-21(41-24)34-13(9-30)10-31)5-18-23(29)27-28(38-18)26-20(40-27)8-19(39-26)25-17(37-4)7-22(42-25)35-14(11-32)12-33/h5-8H,1-4H3. The molecule has 0 aliphatic heterocycles. The Balaban J connectivity index is 1.43. The van der Waals surface area contributed by atoms with Crippen LogP contribution in [0.4, 0.5) is 10.0 Å². The molecule has 42 heavy (non-hydrogen) atoms. The Morgan fingerprint density at radius 2 is 1.29 bits per heavy atom. The molecular weight excluding hydrogens is 625 g/mol. The lowest BCUT2D eigenvalue weighted by molar-refractivity contribution is 0.415. The molecule has 0 unspecified atom stereocenters. The fourth-order valence-electron chi connectivity index (χ4n) is 4.87. The van der Waals surface area contributed by atoms with Crippen molar-refractivity contribution >= 4 is 109 Å². The van der Waals surface area contributed by atoms with Crippen LogP contribution in [0.1, 0.15) is 29.2 Å². The highest BCUT2D eigenvalue weighted by atomic mass is 32.1. The molecule has 0 bridgehead atoms. The molecule has 5 aromatic rings. The largest absolute Gasteiger partial charge is 0.495 e. The SMILES string of the molecule is COc1cc(N=C(C#N)C#N)sc1C1=Cc2sc3c(sc4cc(-c5sc(N=C(C#N)C#N)cc5OC)sc43)c2C1(C)C. The summed E-state index contributed by atoms with van der Waals surface area (Å²) >= 11 is 8.05. The molecule has 0 aromatic carbocycles. The van der Waals surface area contributed by atoms with Gasteiger partial charge in [0, 0.05) is 27.1 Å². The van der Waals surface area contributed by atoms with Crippen LogP contribution in [0, 0.1) is 45.3 Å². The maximum absolute atomic E-state index is 9.14. The highest BCUT2D eigenvalue weighted by molar-refractivity contribution is 7.40. The summed E-state index contributed by atoms with van der Waals surface area (Å²) in [6.07, 6.45) is 2.22. The van der Waals surface area contributed by atoms with Crippen molar-refractivity contribution in [3.05, 3.63) is 33.5 Å². The van der Waals surface area contributed by atoms with E-state index < -0.39 is 0 Å². The molecule has 0 radical (unpaired) electrons. The van der Waals surface area contributed by atoms with E-state index in [9.17, 15) is 0 Å². The number of allylic oxidation sites excluding steroid dienone is 1. The van der Waals surface area contributed by atoms with E-state index in [4.69, 9.17) is 30.5 Å². The summed E-state index contributed by atoms with van der Waals surface area (Å²) in [5.41, 5.74) is 1.71. The summed E-state index contributed by atoms with van der Waals surface area (Å²) in [4.78, 5) is 12.4. The maximum Gasteiger partial charge on any atom is 0.219 e. The fourth-order valence-corrected chi connectivity index (χ4v) is 11.7. The number of fused-ring (bicyclic) bond motifs is 5. The number of methoxy groups -OCH3 is 2. The van der Waals surface area contributed by atoms with Crippen LogP contribution in [0.25, 0.3) is 40.2 Å². The van der Waals surface area contributed by atoms with Gasteiger partial charge in [-0.15, -0.1) is 56.7 Å². The summed E-state index contributed by atoms with van der Waals surface area (Å²) in [7, 11) is 3.21. The molecule has 0 spiro atoms. The Bertz CT molecular complexity index is 2170. The molecule has 1 aliphatic rings. The normalized spacial score (nSPS) is 13.0. The lowest BCUT2D eigenvalue weighted by Crippen LogP contribution is -2.15. The topological polar surface area (TPSA) is 138 Å². The number of nitrogens with zero attached hydrogens (tertiary/aromatic N) is 6. The second kappa shape index (κ2) is 10.5. The molecule has 0 fully saturated rings. The van der Waals surface area contributed by atoms with Crippen LogP contribution in [0.5, 0.6) is 11.5 Å². The third kappa shape index (κ3) is 4.31. The molecule has 0 saturated heterocycles. The van der Waals surface area contributed by atoms with Crippen molar-refractivity contribution in [3.63, 3.8) is 0 Å². The molecule has 5 aromatic heterocycles. The van der Waals surface area contributed by atoms with E-state index >= 15 is 0 Å². The summed E-state index contributed by atoms with van der Waals surface area (Å²) in [5, 5.41) is 37.6. The Morgan fingerprint density at radius 3 is 1.86 bits per heavy atom. The van der Waals surface area contributed by atoms with Crippen LogP contribution in [-0.2, 0) is 5.41 Å². The van der Waals surface area contributed by atoms with E-state index in [0.29, 0.717) is 21.5 Å². The summed E-state index contributed by atoms with van der Waals surface area (Å²) < 4.78 is 16.2. The van der Waals surface area contributed by atoms with Crippen LogP contribution in [-0.4, -0.2) is 25.6 Å². The number of aliphatic imine (C=N–C) groups is 2. The van der Waals surface area contributed by atoms with Gasteiger partial charge in [-0.3, -0.25) is 0 Å². The van der Waals surface area contributed by atoms with Gasteiger partial charge in [0.25, 0.3) is 0 Å². The van der Waals surface area contributed by atoms with E-state index in [1.807, 2.05) is 12.1 Å². The van der Waals surface area contributed by atoms with Crippen molar-refractivity contribution in [2.24, 2.45) is 9.98 Å². The minimum atomic E-state index is -0.307. The monoisotopic (exact) mass is 640 g/mol. The number of rotatable bonds is 6. The van der Waals surface area contributed by atoms with Crippen LogP contribution < -0.4 is 9.47 Å². The van der Waals surface area contributed by atoms with Crippen LogP contribution in [0.15, 0.2) is 28.2 Å². The average molecular weight is 641 g/mol. The molecule has 0 amide bonds. The molecule has 0 saturated carbocycles. The maximum atomic E-state index is 9.14. The minimum absolute atomic E-state index is 0.192. The van der Waals surface area contributed by atoms with E-state index in [-0.39, 0.29) is 16.8 Å². The molecule has 0 atom stereocenters. The molecule has 0 N–H and O–H groups in total. The van der Waals surface area contributed by atoms with Gasteiger partial charge in [-0.25, -0.2) is 9.98 Å². The van der Waals surface area contributed by atoms with Gasteiger partial charge in [-0.1, -0.05) is 13.8 Å². The minimum Gasteiger partial charge on any atom is -0.495 e. The lowest BCUT2D eigenvalue weighted by atomic mass is 9.81. The van der Waals surface area contributed by atoms with Gasteiger partial charge >= 0.3 is 0 Å². The average Bonchev–Trinajstić information content (AvgIpc) is 3.80. The summed E-state index contributed by atoms with van der Waals surface area (Å²) in [6.45, 7) is 4.42. The third-order valence-electron chi connectivity index (χ3n) is 6.73. The zero-order valence-electron chi connectivity index (χ0n) is 22.4. The van der Waals surface area contributed by atoms with Gasteiger partial charge < -0.3 is 9.47 Å². The lowest BCUT2D eigenvalue weighted by Gasteiger charge is -2.24.